The maximum atomic E-state index is 11.9. The summed E-state index contributed by atoms with van der Waals surface area (Å²) in [6, 6.07) is 14.7. The minimum atomic E-state index is -0.116. The van der Waals surface area contributed by atoms with E-state index < -0.39 is 0 Å². The van der Waals surface area contributed by atoms with Crippen molar-refractivity contribution in [1.29, 1.82) is 0 Å². The monoisotopic (exact) mass is 350 g/mol. The van der Waals surface area contributed by atoms with Crippen molar-refractivity contribution in [3.8, 4) is 5.75 Å². The fraction of sp³-hybridized carbons (Fsp3) is 0.458. The van der Waals surface area contributed by atoms with Crippen LogP contribution in [0.25, 0.3) is 0 Å². The molecule has 1 atom stereocenters. The van der Waals surface area contributed by atoms with Crippen LogP contribution in [0.1, 0.15) is 68.7 Å². The Morgan fingerprint density at radius 3 is 2.15 bits per heavy atom. The molecule has 138 valence electrons. The lowest BCUT2D eigenvalue weighted by atomic mass is 9.62. The molecule has 3 rings (SSSR count). The predicted octanol–water partition coefficient (Wildman–Crippen LogP) is 5.57. The molecule has 0 spiro atoms. The van der Waals surface area contributed by atoms with Crippen LogP contribution in [0.2, 0.25) is 0 Å². The van der Waals surface area contributed by atoms with Gasteiger partial charge in [-0.2, -0.15) is 0 Å². The van der Waals surface area contributed by atoms with E-state index in [1.165, 1.54) is 24.0 Å². The number of carbonyl (C=O) groups excluding carboxylic acids is 1. The number of carbonyl (C=O) groups is 1. The van der Waals surface area contributed by atoms with E-state index in [1.54, 1.807) is 7.11 Å². The highest BCUT2D eigenvalue weighted by Crippen LogP contribution is 2.46. The lowest BCUT2D eigenvalue weighted by molar-refractivity contribution is -0.109. The Hall–Kier alpha value is -2.09. The summed E-state index contributed by atoms with van der Waals surface area (Å²) in [7, 11) is 1.67. The number of ether oxygens (including phenoxy) is 1. The zero-order valence-electron chi connectivity index (χ0n) is 16.6. The van der Waals surface area contributed by atoms with Crippen LogP contribution in [0, 0.1) is 0 Å². The van der Waals surface area contributed by atoms with Crippen molar-refractivity contribution in [2.45, 2.75) is 63.7 Å². The second kappa shape index (κ2) is 6.90. The smallest absolute Gasteiger partial charge is 0.127 e. The van der Waals surface area contributed by atoms with E-state index in [0.717, 1.165) is 29.6 Å². The van der Waals surface area contributed by atoms with Crippen LogP contribution in [0.15, 0.2) is 42.5 Å². The minimum Gasteiger partial charge on any atom is -0.497 e. The van der Waals surface area contributed by atoms with E-state index in [2.05, 4.69) is 45.9 Å². The Bertz CT molecular complexity index is 784. The molecule has 0 amide bonds. The lowest BCUT2D eigenvalue weighted by Crippen LogP contribution is -2.34. The van der Waals surface area contributed by atoms with Crippen molar-refractivity contribution in [2.75, 3.05) is 7.11 Å². The molecule has 1 aliphatic rings. The molecule has 1 aliphatic carbocycles. The molecule has 0 saturated carbocycles. The highest BCUT2D eigenvalue weighted by atomic mass is 16.5. The SMILES string of the molecule is COc1ccc(C[C@H](C=O)c2ccc3c(c2)C(C)(C)CCC3(C)C)cc1. The topological polar surface area (TPSA) is 26.3 Å². The Kier molecular flexibility index (Phi) is 4.96. The number of fused-ring (bicyclic) bond motifs is 1. The van der Waals surface area contributed by atoms with Gasteiger partial charge < -0.3 is 9.53 Å². The van der Waals surface area contributed by atoms with Gasteiger partial charge in [-0.15, -0.1) is 0 Å². The van der Waals surface area contributed by atoms with Crippen LogP contribution in [-0.2, 0) is 22.0 Å². The Morgan fingerprint density at radius 1 is 0.962 bits per heavy atom. The molecule has 0 aliphatic heterocycles. The largest absolute Gasteiger partial charge is 0.497 e. The average Bonchev–Trinajstić information content (AvgIpc) is 2.64. The number of rotatable bonds is 5. The highest BCUT2D eigenvalue weighted by Gasteiger charge is 2.37. The molecule has 0 heterocycles. The second-order valence-corrected chi connectivity index (χ2v) is 8.87. The minimum absolute atomic E-state index is 0.116. The van der Waals surface area contributed by atoms with Crippen LogP contribution in [0.5, 0.6) is 5.75 Å². The molecule has 0 N–H and O–H groups in total. The summed E-state index contributed by atoms with van der Waals surface area (Å²) in [5, 5.41) is 0. The average molecular weight is 351 g/mol. The molecule has 2 aromatic rings. The molecule has 2 nitrogen and oxygen atoms in total. The first-order chi connectivity index (χ1) is 12.3. The van der Waals surface area contributed by atoms with Gasteiger partial charge in [-0.05, 0) is 64.5 Å². The summed E-state index contributed by atoms with van der Waals surface area (Å²) in [4.78, 5) is 11.9. The van der Waals surface area contributed by atoms with E-state index in [0.29, 0.717) is 0 Å². The summed E-state index contributed by atoms with van der Waals surface area (Å²) < 4.78 is 5.22. The van der Waals surface area contributed by atoms with Crippen molar-refractivity contribution >= 4 is 6.29 Å². The summed E-state index contributed by atoms with van der Waals surface area (Å²) in [5.41, 5.74) is 5.49. The van der Waals surface area contributed by atoms with Gasteiger partial charge in [0.05, 0.1) is 7.11 Å². The van der Waals surface area contributed by atoms with Crippen molar-refractivity contribution in [1.82, 2.24) is 0 Å². The number of hydrogen-bond acceptors (Lipinski definition) is 2. The van der Waals surface area contributed by atoms with E-state index in [1.807, 2.05) is 24.3 Å². The summed E-state index contributed by atoms with van der Waals surface area (Å²) >= 11 is 0. The van der Waals surface area contributed by atoms with Gasteiger partial charge in [0.1, 0.15) is 12.0 Å². The van der Waals surface area contributed by atoms with Gasteiger partial charge in [0.25, 0.3) is 0 Å². The molecule has 2 heteroatoms. The summed E-state index contributed by atoms with van der Waals surface area (Å²) in [6.45, 7) is 9.30. The quantitative estimate of drug-likeness (QED) is 0.659. The van der Waals surface area contributed by atoms with Crippen LogP contribution in [-0.4, -0.2) is 13.4 Å². The van der Waals surface area contributed by atoms with E-state index in [9.17, 15) is 4.79 Å². The summed E-state index contributed by atoms with van der Waals surface area (Å²) in [6.07, 6.45) is 4.19. The lowest BCUT2D eigenvalue weighted by Gasteiger charge is -2.42. The number of benzene rings is 2. The van der Waals surface area contributed by atoms with Gasteiger partial charge in [-0.3, -0.25) is 0 Å². The predicted molar refractivity (Wildman–Crippen MR) is 107 cm³/mol. The molecule has 0 saturated heterocycles. The van der Waals surface area contributed by atoms with E-state index in [4.69, 9.17) is 4.74 Å². The third kappa shape index (κ3) is 3.56. The Labute approximate surface area is 157 Å². The molecule has 0 fully saturated rings. The van der Waals surface area contributed by atoms with Crippen LogP contribution in [0.4, 0.5) is 0 Å². The molecule has 0 aromatic heterocycles. The van der Waals surface area contributed by atoms with E-state index in [-0.39, 0.29) is 16.7 Å². The van der Waals surface area contributed by atoms with Gasteiger partial charge >= 0.3 is 0 Å². The Morgan fingerprint density at radius 2 is 1.58 bits per heavy atom. The highest BCUT2D eigenvalue weighted by molar-refractivity contribution is 5.64. The van der Waals surface area contributed by atoms with Crippen molar-refractivity contribution < 1.29 is 9.53 Å². The first-order valence-corrected chi connectivity index (χ1v) is 9.50. The number of aldehydes is 1. The molecular formula is C24H30O2. The zero-order valence-corrected chi connectivity index (χ0v) is 16.6. The van der Waals surface area contributed by atoms with Gasteiger partial charge in [-0.25, -0.2) is 0 Å². The zero-order chi connectivity index (χ0) is 18.9. The maximum absolute atomic E-state index is 11.9. The van der Waals surface area contributed by atoms with Crippen molar-refractivity contribution in [2.24, 2.45) is 0 Å². The number of hydrogen-bond donors (Lipinski definition) is 0. The molecule has 26 heavy (non-hydrogen) atoms. The molecular weight excluding hydrogens is 320 g/mol. The molecule has 2 aromatic carbocycles. The summed E-state index contributed by atoms with van der Waals surface area (Å²) in [5.74, 6) is 0.726. The Balaban J connectivity index is 1.93. The normalized spacial score (nSPS) is 18.7. The van der Waals surface area contributed by atoms with E-state index >= 15 is 0 Å². The fourth-order valence-corrected chi connectivity index (χ4v) is 4.10. The molecule has 0 radical (unpaired) electrons. The van der Waals surface area contributed by atoms with Crippen LogP contribution < -0.4 is 4.74 Å². The first kappa shape index (κ1) is 18.7. The first-order valence-electron chi connectivity index (χ1n) is 9.50. The van der Waals surface area contributed by atoms with Gasteiger partial charge in [-0.1, -0.05) is 58.0 Å². The third-order valence-electron chi connectivity index (χ3n) is 6.08. The fourth-order valence-electron chi connectivity index (χ4n) is 4.10. The van der Waals surface area contributed by atoms with Crippen molar-refractivity contribution in [3.63, 3.8) is 0 Å². The van der Waals surface area contributed by atoms with Gasteiger partial charge in [0.2, 0.25) is 0 Å². The van der Waals surface area contributed by atoms with Crippen LogP contribution >= 0.6 is 0 Å². The van der Waals surface area contributed by atoms with Gasteiger partial charge in [0, 0.05) is 5.92 Å². The van der Waals surface area contributed by atoms with Crippen LogP contribution in [0.3, 0.4) is 0 Å². The maximum Gasteiger partial charge on any atom is 0.127 e. The number of methoxy groups -OCH3 is 1. The van der Waals surface area contributed by atoms with Gasteiger partial charge in [0.15, 0.2) is 0 Å². The molecule has 0 unspecified atom stereocenters. The third-order valence-corrected chi connectivity index (χ3v) is 6.08. The van der Waals surface area contributed by atoms with Crippen molar-refractivity contribution in [3.05, 3.63) is 64.7 Å². The molecule has 0 bridgehead atoms. The second-order valence-electron chi connectivity index (χ2n) is 8.87. The standard InChI is InChI=1S/C24H30O2/c1-23(2)12-13-24(3,4)22-15-18(8-11-21(22)23)19(16-25)14-17-6-9-20(26-5)10-7-17/h6-11,15-16,19H,12-14H2,1-5H3/t19-/m1/s1.